The van der Waals surface area contributed by atoms with Gasteiger partial charge in [-0.25, -0.2) is 0 Å². The van der Waals surface area contributed by atoms with Gasteiger partial charge in [-0.3, -0.25) is 29.3 Å². The van der Waals surface area contributed by atoms with E-state index in [9.17, 15) is 14.4 Å². The van der Waals surface area contributed by atoms with E-state index in [0.717, 1.165) is 130 Å². The lowest BCUT2D eigenvalue weighted by atomic mass is 9.97. The summed E-state index contributed by atoms with van der Waals surface area (Å²) in [5.41, 5.74) is 15.5. The molecule has 13 heteroatoms. The van der Waals surface area contributed by atoms with E-state index in [1.165, 1.54) is 68.5 Å². The number of hydrogen-bond donors (Lipinski definition) is 3. The van der Waals surface area contributed by atoms with Gasteiger partial charge < -0.3 is 34.9 Å². The van der Waals surface area contributed by atoms with Gasteiger partial charge in [0, 0.05) is 73.5 Å². The fourth-order valence-electron chi connectivity index (χ4n) is 11.0. The van der Waals surface area contributed by atoms with Gasteiger partial charge in [0.25, 0.3) is 0 Å². The molecule has 0 radical (unpaired) electrons. The van der Waals surface area contributed by atoms with E-state index in [2.05, 4.69) is 110 Å². The summed E-state index contributed by atoms with van der Waals surface area (Å²) in [6.07, 6.45) is 44.2. The average Bonchev–Trinajstić information content (AvgIpc) is 0.877. The number of benzene rings is 4. The molecule has 3 amide bonds. The summed E-state index contributed by atoms with van der Waals surface area (Å²) in [5.74, 6) is 3.09. The zero-order valence-corrected chi connectivity index (χ0v) is 60.4. The molecule has 520 valence electrons. The number of hydrogen-bond acceptors (Lipinski definition) is 10. The number of aromatic nitrogens is 3. The minimum atomic E-state index is -0.102. The lowest BCUT2D eigenvalue weighted by Crippen LogP contribution is -2.31. The van der Waals surface area contributed by atoms with Crippen LogP contribution in [0.3, 0.4) is 0 Å². The highest BCUT2D eigenvalue weighted by atomic mass is 16.5. The van der Waals surface area contributed by atoms with Crippen LogP contribution < -0.4 is 34.9 Å². The van der Waals surface area contributed by atoms with E-state index in [4.69, 9.17) is 18.9 Å². The fourth-order valence-corrected chi connectivity index (χ4v) is 11.0. The number of carbonyl (C=O) groups excluding carboxylic acids is 3. The maximum Gasteiger partial charge on any atom is 0.244 e. The number of allylic oxidation sites excluding steroid dienone is 8. The van der Waals surface area contributed by atoms with Crippen molar-refractivity contribution >= 4 is 34.4 Å². The Morgan fingerprint density at radius 3 is 0.980 bits per heavy atom. The van der Waals surface area contributed by atoms with E-state index in [1.807, 2.05) is 159 Å². The molecule has 3 atom stereocenters. The summed E-state index contributed by atoms with van der Waals surface area (Å²) >= 11 is 0. The summed E-state index contributed by atoms with van der Waals surface area (Å²) in [5, 5.41) is 9.20. The minimum absolute atomic E-state index is 0.0473. The molecule has 0 aliphatic rings. The average molecular weight is 1330 g/mol. The largest absolute Gasteiger partial charge is 0.497 e. The Balaban J connectivity index is 0.000000266. The third-order valence-corrected chi connectivity index (χ3v) is 17.0. The molecule has 13 nitrogen and oxygen atoms in total. The summed E-state index contributed by atoms with van der Waals surface area (Å²) in [7, 11) is 6.65. The van der Waals surface area contributed by atoms with Crippen LogP contribution in [-0.2, 0) is 33.6 Å². The second-order valence-corrected chi connectivity index (χ2v) is 24.8. The summed E-state index contributed by atoms with van der Waals surface area (Å²) in [6.45, 7) is 16.9. The number of amides is 3. The van der Waals surface area contributed by atoms with Gasteiger partial charge in [-0.1, -0.05) is 118 Å². The molecular weight excluding hydrogens is 1220 g/mol. The zero-order valence-electron chi connectivity index (χ0n) is 60.4. The molecule has 0 saturated carbocycles. The zero-order chi connectivity index (χ0) is 70.7. The number of pyridine rings is 3. The lowest BCUT2D eigenvalue weighted by Gasteiger charge is -2.13. The van der Waals surface area contributed by atoms with Crippen LogP contribution in [0.15, 0.2) is 207 Å². The number of carbonyl (C=O) groups is 3. The molecule has 4 aromatic carbocycles. The fraction of sp³-hybridized carbons (Fsp3) is 0.365. The first-order valence-corrected chi connectivity index (χ1v) is 34.9. The number of nitrogens with zero attached hydrogens (tertiary/aromatic N) is 3. The van der Waals surface area contributed by atoms with E-state index in [-0.39, 0.29) is 35.8 Å². The molecule has 0 spiro atoms. The quantitative estimate of drug-likeness (QED) is 0.0196. The molecule has 7 aromatic rings. The van der Waals surface area contributed by atoms with Crippen LogP contribution in [0.2, 0.25) is 0 Å². The molecule has 7 rings (SSSR count). The molecular formula is C85H108N6O7. The minimum Gasteiger partial charge on any atom is -0.497 e. The molecule has 0 unspecified atom stereocenters. The third kappa shape index (κ3) is 30.2. The van der Waals surface area contributed by atoms with Gasteiger partial charge in [0.15, 0.2) is 0 Å². The van der Waals surface area contributed by atoms with Crippen LogP contribution in [0.25, 0.3) is 16.7 Å². The van der Waals surface area contributed by atoms with Crippen molar-refractivity contribution in [3.63, 3.8) is 0 Å². The van der Waals surface area contributed by atoms with Gasteiger partial charge in [0.1, 0.15) is 23.0 Å². The van der Waals surface area contributed by atoms with Crippen LogP contribution in [0, 0.1) is 20.8 Å². The van der Waals surface area contributed by atoms with Crippen molar-refractivity contribution < 1.29 is 33.3 Å². The molecule has 0 saturated heterocycles. The van der Waals surface area contributed by atoms with Gasteiger partial charge in [-0.15, -0.1) is 0 Å². The Labute approximate surface area is 586 Å². The van der Waals surface area contributed by atoms with Crippen molar-refractivity contribution in [2.45, 2.75) is 176 Å². The highest BCUT2D eigenvalue weighted by Gasteiger charge is 2.12. The Morgan fingerprint density at radius 2 is 0.684 bits per heavy atom. The smallest absolute Gasteiger partial charge is 0.244 e. The van der Waals surface area contributed by atoms with Crippen molar-refractivity contribution in [2.24, 2.45) is 0 Å². The first kappa shape index (κ1) is 79.1. The SMILES string of the molecule is CCCC/C(=C\C=C\C(=O)N[C@H](C)CCCc1cnccc1C)c1ccc(OC)cc1.CCCCC/C(=C\C=C\C(=O)N[C@H](C)CCCc1cnccc1C)c1ccc(OC)cc1.COc1ccc(C(=C/C=C/C(=O)N[C@H](C)CCCc2cnccc2C)c2ccc(OC)cc2)cc1. The Kier molecular flexibility index (Phi) is 36.9. The summed E-state index contributed by atoms with van der Waals surface area (Å²) < 4.78 is 21.1. The van der Waals surface area contributed by atoms with Gasteiger partial charge in [0.2, 0.25) is 17.7 Å². The topological polar surface area (TPSA) is 163 Å². The predicted molar refractivity (Wildman–Crippen MR) is 405 cm³/mol. The van der Waals surface area contributed by atoms with Gasteiger partial charge in [0.05, 0.1) is 28.4 Å². The number of unbranched alkanes of at least 4 members (excludes halogenated alkanes) is 3. The second kappa shape index (κ2) is 45.7. The maximum atomic E-state index is 12.5. The van der Waals surface area contributed by atoms with Crippen molar-refractivity contribution in [3.8, 4) is 23.0 Å². The molecule has 98 heavy (non-hydrogen) atoms. The summed E-state index contributed by atoms with van der Waals surface area (Å²) in [6, 6.07) is 38.4. The number of aryl methyl sites for hydroxylation is 6. The van der Waals surface area contributed by atoms with Crippen molar-refractivity contribution in [3.05, 3.63) is 263 Å². The Morgan fingerprint density at radius 1 is 0.388 bits per heavy atom. The Hall–Kier alpha value is -9.62. The van der Waals surface area contributed by atoms with Crippen LogP contribution in [0.1, 0.15) is 174 Å². The maximum absolute atomic E-state index is 12.5. The van der Waals surface area contributed by atoms with Crippen molar-refractivity contribution in [1.29, 1.82) is 0 Å². The predicted octanol–water partition coefficient (Wildman–Crippen LogP) is 18.4. The normalized spacial score (nSPS) is 12.3. The van der Waals surface area contributed by atoms with Crippen LogP contribution >= 0.6 is 0 Å². The van der Waals surface area contributed by atoms with E-state index in [0.29, 0.717) is 0 Å². The monoisotopic (exact) mass is 1320 g/mol. The van der Waals surface area contributed by atoms with Crippen LogP contribution in [0.5, 0.6) is 23.0 Å². The first-order chi connectivity index (χ1) is 47.6. The van der Waals surface area contributed by atoms with Gasteiger partial charge in [-0.05, 0) is 264 Å². The van der Waals surface area contributed by atoms with E-state index < -0.39 is 0 Å². The number of nitrogens with one attached hydrogen (secondary N) is 3. The molecule has 0 fully saturated rings. The standard InChI is InChI=1S/C30H34N2O3.C28H38N2O2.C27H36N2O2/c1-22-19-20-31-21-26(22)8-5-7-23(2)32-30(33)10-6-9-29(24-11-15-27(34-3)16-12-24)25-13-17-28(35-4)18-14-25;1-5-6-7-11-24(25-15-17-27(32-4)18-16-25)12-9-14-28(31)30-23(3)10-8-13-26-21-29-20-19-22(26)2;1-5-6-10-23(24-14-16-26(31-4)17-15-24)11-8-13-27(30)29-22(3)9-7-12-25-20-28-19-18-21(25)2/h6,9-21,23H,5,7-8H2,1-4H3,(H,32,33);9,12,14-21,23H,5-8,10-11,13H2,1-4H3,(H,30,31);8,11,13-20,22H,5-7,9-10,12H2,1-4H3,(H,29,30)/b10-6+;14-9+,24-12+;13-8+,23-11+/t2*23-;22-/m111/s1. The van der Waals surface area contributed by atoms with Crippen LogP contribution in [0.4, 0.5) is 0 Å². The Bertz CT molecular complexity index is 3610. The van der Waals surface area contributed by atoms with E-state index in [1.54, 1.807) is 52.7 Å². The lowest BCUT2D eigenvalue weighted by molar-refractivity contribution is -0.117. The molecule has 3 heterocycles. The molecule has 3 N–H and O–H groups in total. The second-order valence-electron chi connectivity index (χ2n) is 24.8. The van der Waals surface area contributed by atoms with Gasteiger partial charge >= 0.3 is 0 Å². The van der Waals surface area contributed by atoms with Crippen LogP contribution in [-0.4, -0.2) is 79.2 Å². The highest BCUT2D eigenvalue weighted by molar-refractivity contribution is 5.90. The number of ether oxygens (including phenoxy) is 4. The first-order valence-electron chi connectivity index (χ1n) is 34.9. The van der Waals surface area contributed by atoms with Gasteiger partial charge in [-0.2, -0.15) is 0 Å². The van der Waals surface area contributed by atoms with Crippen molar-refractivity contribution in [2.75, 3.05) is 28.4 Å². The molecule has 0 bridgehead atoms. The highest BCUT2D eigenvalue weighted by Crippen LogP contribution is 2.29. The number of rotatable bonds is 36. The number of methoxy groups -OCH3 is 4. The van der Waals surface area contributed by atoms with Crippen molar-refractivity contribution in [1.82, 2.24) is 30.9 Å². The molecule has 3 aromatic heterocycles. The van der Waals surface area contributed by atoms with E-state index >= 15 is 0 Å². The summed E-state index contributed by atoms with van der Waals surface area (Å²) in [4.78, 5) is 49.7. The molecule has 0 aliphatic heterocycles. The third-order valence-electron chi connectivity index (χ3n) is 17.0. The molecule has 0 aliphatic carbocycles.